The highest BCUT2D eigenvalue weighted by Crippen LogP contribution is 2.42. The quantitative estimate of drug-likeness (QED) is 0.874. The van der Waals surface area contributed by atoms with Crippen LogP contribution in [0, 0.1) is 11.3 Å². The van der Waals surface area contributed by atoms with Gasteiger partial charge >= 0.3 is 0 Å². The van der Waals surface area contributed by atoms with E-state index in [9.17, 15) is 4.79 Å². The molecule has 0 saturated heterocycles. The van der Waals surface area contributed by atoms with Crippen molar-refractivity contribution in [3.8, 4) is 0 Å². The molecule has 3 heteroatoms. The van der Waals surface area contributed by atoms with Crippen molar-refractivity contribution in [2.24, 2.45) is 17.1 Å². The van der Waals surface area contributed by atoms with E-state index in [1.807, 2.05) is 24.3 Å². The first-order valence-electron chi connectivity index (χ1n) is 7.13. The van der Waals surface area contributed by atoms with Crippen molar-refractivity contribution >= 4 is 11.6 Å². The molecule has 2 rings (SSSR count). The lowest BCUT2D eigenvalue weighted by Crippen LogP contribution is -2.30. The van der Waals surface area contributed by atoms with Crippen LogP contribution in [0.15, 0.2) is 24.3 Å². The van der Waals surface area contributed by atoms with E-state index in [-0.39, 0.29) is 17.2 Å². The van der Waals surface area contributed by atoms with E-state index in [0.717, 1.165) is 31.4 Å². The summed E-state index contributed by atoms with van der Waals surface area (Å²) in [6.07, 6.45) is 4.18. The molecule has 1 fully saturated rings. The van der Waals surface area contributed by atoms with Crippen LogP contribution in [-0.4, -0.2) is 12.5 Å². The number of amides is 1. The molecule has 1 aliphatic carbocycles. The van der Waals surface area contributed by atoms with Crippen molar-refractivity contribution in [2.45, 2.75) is 39.5 Å². The molecule has 1 unspecified atom stereocenters. The van der Waals surface area contributed by atoms with Gasteiger partial charge in [-0.1, -0.05) is 32.4 Å². The van der Waals surface area contributed by atoms with E-state index in [4.69, 9.17) is 5.73 Å². The summed E-state index contributed by atoms with van der Waals surface area (Å²) in [6.45, 7) is 5.03. The van der Waals surface area contributed by atoms with Gasteiger partial charge < -0.3 is 11.1 Å². The molecule has 1 atom stereocenters. The van der Waals surface area contributed by atoms with E-state index in [0.29, 0.717) is 6.54 Å². The fraction of sp³-hybridized carbons (Fsp3) is 0.562. The summed E-state index contributed by atoms with van der Waals surface area (Å²) in [5, 5.41) is 3.04. The predicted molar refractivity (Wildman–Crippen MR) is 79.0 cm³/mol. The third-order valence-corrected chi connectivity index (χ3v) is 4.23. The van der Waals surface area contributed by atoms with E-state index >= 15 is 0 Å². The lowest BCUT2D eigenvalue weighted by Gasteiger charge is -2.25. The first-order valence-corrected chi connectivity index (χ1v) is 7.13. The Kier molecular flexibility index (Phi) is 4.25. The first-order chi connectivity index (χ1) is 9.03. The summed E-state index contributed by atoms with van der Waals surface area (Å²) >= 11 is 0. The lowest BCUT2D eigenvalue weighted by atomic mass is 9.81. The van der Waals surface area contributed by atoms with Gasteiger partial charge in [0.2, 0.25) is 5.91 Å². The molecule has 3 N–H and O–H groups in total. The van der Waals surface area contributed by atoms with Gasteiger partial charge in [-0.2, -0.15) is 0 Å². The highest BCUT2D eigenvalue weighted by Gasteiger charge is 2.39. The maximum absolute atomic E-state index is 12.3. The smallest absolute Gasteiger partial charge is 0.228 e. The van der Waals surface area contributed by atoms with Gasteiger partial charge in [-0.05, 0) is 48.9 Å². The molecule has 0 aliphatic heterocycles. The summed E-state index contributed by atoms with van der Waals surface area (Å²) in [6, 6.07) is 7.99. The van der Waals surface area contributed by atoms with Gasteiger partial charge in [0.15, 0.2) is 0 Å². The van der Waals surface area contributed by atoms with Crippen LogP contribution in [0.2, 0.25) is 0 Å². The Balaban J connectivity index is 1.99. The third kappa shape index (κ3) is 3.35. The van der Waals surface area contributed by atoms with Crippen molar-refractivity contribution in [3.05, 3.63) is 29.8 Å². The van der Waals surface area contributed by atoms with Gasteiger partial charge in [-0.25, -0.2) is 0 Å². The SMILES string of the molecule is CC1(C)CCCC1C(=O)Nc1ccc(CCN)cc1. The molecule has 0 bridgehead atoms. The van der Waals surface area contributed by atoms with E-state index < -0.39 is 0 Å². The molecule has 1 aromatic rings. The van der Waals surface area contributed by atoms with Crippen molar-refractivity contribution in [1.82, 2.24) is 0 Å². The van der Waals surface area contributed by atoms with Gasteiger partial charge in [0, 0.05) is 11.6 Å². The zero-order valence-corrected chi connectivity index (χ0v) is 11.9. The van der Waals surface area contributed by atoms with Crippen LogP contribution < -0.4 is 11.1 Å². The number of hydrogen-bond acceptors (Lipinski definition) is 2. The molecule has 1 amide bonds. The Morgan fingerprint density at radius 2 is 2.05 bits per heavy atom. The van der Waals surface area contributed by atoms with Crippen molar-refractivity contribution < 1.29 is 4.79 Å². The Labute approximate surface area is 115 Å². The summed E-state index contributed by atoms with van der Waals surface area (Å²) < 4.78 is 0. The fourth-order valence-electron chi connectivity index (χ4n) is 2.96. The number of rotatable bonds is 4. The summed E-state index contributed by atoms with van der Waals surface area (Å²) in [7, 11) is 0. The molecule has 1 saturated carbocycles. The van der Waals surface area contributed by atoms with E-state index in [2.05, 4.69) is 19.2 Å². The second-order valence-electron chi connectivity index (χ2n) is 6.16. The van der Waals surface area contributed by atoms with E-state index in [1.54, 1.807) is 0 Å². The molecule has 104 valence electrons. The topological polar surface area (TPSA) is 55.1 Å². The summed E-state index contributed by atoms with van der Waals surface area (Å²) in [5.41, 5.74) is 7.74. The number of carbonyl (C=O) groups excluding carboxylic acids is 1. The normalized spacial score (nSPS) is 21.3. The van der Waals surface area contributed by atoms with Crippen LogP contribution in [0.3, 0.4) is 0 Å². The monoisotopic (exact) mass is 260 g/mol. The maximum atomic E-state index is 12.3. The number of benzene rings is 1. The van der Waals surface area contributed by atoms with Gasteiger partial charge in [-0.15, -0.1) is 0 Å². The molecule has 0 heterocycles. The van der Waals surface area contributed by atoms with Gasteiger partial charge in [-0.3, -0.25) is 4.79 Å². The maximum Gasteiger partial charge on any atom is 0.228 e. The number of anilines is 1. The highest BCUT2D eigenvalue weighted by molar-refractivity contribution is 5.93. The van der Waals surface area contributed by atoms with Crippen LogP contribution in [0.25, 0.3) is 0 Å². The molecular formula is C16H24N2O. The number of nitrogens with two attached hydrogens (primary N) is 1. The van der Waals surface area contributed by atoms with E-state index in [1.165, 1.54) is 5.56 Å². The van der Waals surface area contributed by atoms with Gasteiger partial charge in [0.25, 0.3) is 0 Å². The average molecular weight is 260 g/mol. The van der Waals surface area contributed by atoms with Gasteiger partial charge in [0.1, 0.15) is 0 Å². The standard InChI is InChI=1S/C16H24N2O/c1-16(2)10-3-4-14(16)15(19)18-13-7-5-12(6-8-13)9-11-17/h5-8,14H,3-4,9-11,17H2,1-2H3,(H,18,19). The minimum atomic E-state index is 0.129. The molecule has 0 spiro atoms. The van der Waals surface area contributed by atoms with Gasteiger partial charge in [0.05, 0.1) is 0 Å². The number of nitrogens with one attached hydrogen (secondary N) is 1. The van der Waals surface area contributed by atoms with Crippen LogP contribution in [0.1, 0.15) is 38.7 Å². The summed E-state index contributed by atoms with van der Waals surface area (Å²) in [4.78, 5) is 12.3. The number of hydrogen-bond donors (Lipinski definition) is 2. The Morgan fingerprint density at radius 1 is 1.37 bits per heavy atom. The predicted octanol–water partition coefficient (Wildman–Crippen LogP) is 2.95. The molecule has 0 radical (unpaired) electrons. The average Bonchev–Trinajstić information content (AvgIpc) is 2.72. The molecular weight excluding hydrogens is 236 g/mol. The zero-order valence-electron chi connectivity index (χ0n) is 11.9. The Morgan fingerprint density at radius 3 is 2.58 bits per heavy atom. The largest absolute Gasteiger partial charge is 0.330 e. The van der Waals surface area contributed by atoms with Crippen LogP contribution in [0.5, 0.6) is 0 Å². The Hall–Kier alpha value is -1.35. The second-order valence-corrected chi connectivity index (χ2v) is 6.16. The minimum absolute atomic E-state index is 0.129. The molecule has 19 heavy (non-hydrogen) atoms. The summed E-state index contributed by atoms with van der Waals surface area (Å²) in [5.74, 6) is 0.297. The van der Waals surface area contributed by atoms with Crippen LogP contribution in [0.4, 0.5) is 5.69 Å². The minimum Gasteiger partial charge on any atom is -0.330 e. The van der Waals surface area contributed by atoms with Crippen molar-refractivity contribution in [2.75, 3.05) is 11.9 Å². The molecule has 1 aliphatic rings. The lowest BCUT2D eigenvalue weighted by molar-refractivity contribution is -0.122. The second kappa shape index (κ2) is 5.74. The number of carbonyl (C=O) groups is 1. The fourth-order valence-corrected chi connectivity index (χ4v) is 2.96. The first kappa shape index (κ1) is 14.1. The third-order valence-electron chi connectivity index (χ3n) is 4.23. The van der Waals surface area contributed by atoms with Crippen molar-refractivity contribution in [1.29, 1.82) is 0 Å². The molecule has 0 aromatic heterocycles. The van der Waals surface area contributed by atoms with Crippen molar-refractivity contribution in [3.63, 3.8) is 0 Å². The Bertz CT molecular complexity index is 437. The zero-order chi connectivity index (χ0) is 13.9. The molecule has 3 nitrogen and oxygen atoms in total. The van der Waals surface area contributed by atoms with Crippen LogP contribution in [-0.2, 0) is 11.2 Å². The highest BCUT2D eigenvalue weighted by atomic mass is 16.1. The molecule has 1 aromatic carbocycles. The van der Waals surface area contributed by atoms with Crippen LogP contribution >= 0.6 is 0 Å².